The number of nitrogens with zero attached hydrogens (tertiary/aromatic N) is 2. The van der Waals surface area contributed by atoms with Crippen LogP contribution in [-0.2, 0) is 52.6 Å². The second kappa shape index (κ2) is 19.8. The van der Waals surface area contributed by atoms with Crippen molar-refractivity contribution in [2.75, 3.05) is 13.1 Å². The summed E-state index contributed by atoms with van der Waals surface area (Å²) in [5.41, 5.74) is -9.48. The number of hydrogen-bond donors (Lipinski definition) is 0. The maximum Gasteiger partial charge on any atom is 2.00 e. The molecule has 2 rings (SSSR count). The number of unbranched alkanes of at least 4 members (excludes halogenated alkanes) is 6. The maximum atomic E-state index is 12.7. The SMILES string of the molecule is [CH2-]CCCCCN(Cc1ccccc1)S(=O)(=O)C(F)(F)F.[CH2-]CCCCCN(Cc1ccccc1)S(=O)(=O)C(F)(F)F.[Zn+2]. The Morgan fingerprint density at radius 1 is 0.535 bits per heavy atom. The number of rotatable bonds is 16. The van der Waals surface area contributed by atoms with E-state index in [2.05, 4.69) is 13.8 Å². The van der Waals surface area contributed by atoms with Crippen LogP contribution in [0.3, 0.4) is 0 Å². The third-order valence-electron chi connectivity index (χ3n) is 5.98. The third kappa shape index (κ3) is 14.4. The van der Waals surface area contributed by atoms with Crippen LogP contribution >= 0.6 is 0 Å². The first-order valence-corrected chi connectivity index (χ1v) is 16.2. The standard InChI is InChI=1S/2C14H19F3NO2S.Zn/c2*1-2-3-4-8-11-18(21(19,20)14(15,16)17)12-13-9-6-5-7-10-13;/h2*5-7,9-10H,1-4,8,11-12H2;/q2*-1;+2. The van der Waals surface area contributed by atoms with E-state index in [1.807, 2.05) is 0 Å². The van der Waals surface area contributed by atoms with E-state index in [9.17, 15) is 43.2 Å². The van der Waals surface area contributed by atoms with E-state index >= 15 is 0 Å². The summed E-state index contributed by atoms with van der Waals surface area (Å²) in [6.07, 6.45) is 4.99. The van der Waals surface area contributed by atoms with Crippen molar-refractivity contribution in [2.45, 2.75) is 75.5 Å². The Morgan fingerprint density at radius 2 is 0.837 bits per heavy atom. The monoisotopic (exact) mass is 708 g/mol. The first kappa shape index (κ1) is 41.5. The molecule has 15 heteroatoms. The van der Waals surface area contributed by atoms with Crippen LogP contribution in [0.15, 0.2) is 60.7 Å². The summed E-state index contributed by atoms with van der Waals surface area (Å²) in [4.78, 5) is 0. The summed E-state index contributed by atoms with van der Waals surface area (Å²) in [6.45, 7) is 6.47. The number of hydrogen-bond acceptors (Lipinski definition) is 4. The van der Waals surface area contributed by atoms with Crippen molar-refractivity contribution in [3.63, 3.8) is 0 Å². The first-order chi connectivity index (χ1) is 19.6. The largest absolute Gasteiger partial charge is 2.00 e. The molecule has 0 aliphatic rings. The minimum absolute atomic E-state index is 0. The van der Waals surface area contributed by atoms with Gasteiger partial charge in [0.2, 0.25) is 0 Å². The van der Waals surface area contributed by atoms with Crippen molar-refractivity contribution in [1.82, 2.24) is 8.61 Å². The Balaban J connectivity index is 0.000000802. The van der Waals surface area contributed by atoms with Crippen LogP contribution in [-0.4, -0.2) is 49.6 Å². The molecule has 2 aromatic carbocycles. The Hall–Kier alpha value is -1.54. The van der Waals surface area contributed by atoms with Crippen molar-refractivity contribution >= 4 is 20.0 Å². The Bertz CT molecular complexity index is 1130. The Morgan fingerprint density at radius 3 is 1.09 bits per heavy atom. The van der Waals surface area contributed by atoms with Crippen LogP contribution < -0.4 is 0 Å². The predicted molar refractivity (Wildman–Crippen MR) is 151 cm³/mol. The van der Waals surface area contributed by atoms with E-state index in [-0.39, 0.29) is 45.7 Å². The average molecular weight is 710 g/mol. The minimum atomic E-state index is -5.31. The molecule has 43 heavy (non-hydrogen) atoms. The van der Waals surface area contributed by atoms with E-state index in [1.54, 1.807) is 60.7 Å². The fourth-order valence-electron chi connectivity index (χ4n) is 3.72. The first-order valence-electron chi connectivity index (χ1n) is 13.4. The number of sulfonamides is 2. The fourth-order valence-corrected chi connectivity index (χ4v) is 5.68. The Labute approximate surface area is 264 Å². The molecule has 0 spiro atoms. The molecule has 0 saturated carbocycles. The van der Waals surface area contributed by atoms with Crippen molar-refractivity contribution < 1.29 is 62.7 Å². The topological polar surface area (TPSA) is 74.8 Å². The van der Waals surface area contributed by atoms with Gasteiger partial charge < -0.3 is 13.8 Å². The van der Waals surface area contributed by atoms with Crippen LogP contribution in [0.5, 0.6) is 0 Å². The molecule has 2 aromatic rings. The fraction of sp³-hybridized carbons (Fsp3) is 0.500. The molecule has 0 radical (unpaired) electrons. The van der Waals surface area contributed by atoms with Crippen LogP contribution in [0, 0.1) is 13.8 Å². The molecule has 0 amide bonds. The van der Waals surface area contributed by atoms with Gasteiger partial charge in [0.15, 0.2) is 0 Å². The summed E-state index contributed by atoms with van der Waals surface area (Å²) in [7, 11) is -10.6. The molecule has 0 atom stereocenters. The molecule has 0 fully saturated rings. The van der Waals surface area contributed by atoms with Gasteiger partial charge in [0.1, 0.15) is 0 Å². The van der Waals surface area contributed by atoms with Gasteiger partial charge in [-0.15, -0.1) is 0 Å². The van der Waals surface area contributed by atoms with Gasteiger partial charge in [-0.3, -0.25) is 0 Å². The third-order valence-corrected chi connectivity index (χ3v) is 9.14. The van der Waals surface area contributed by atoms with Crippen molar-refractivity contribution in [3.8, 4) is 0 Å². The quantitative estimate of drug-likeness (QED) is 0.0785. The number of alkyl halides is 6. The molecule has 0 aromatic heterocycles. The molecular formula is C28H38F6N2O4S2Zn. The second-order valence-corrected chi connectivity index (χ2v) is 13.2. The summed E-state index contributed by atoms with van der Waals surface area (Å²) < 4.78 is 124. The van der Waals surface area contributed by atoms with Crippen molar-refractivity contribution in [1.29, 1.82) is 0 Å². The summed E-state index contributed by atoms with van der Waals surface area (Å²) in [5.74, 6) is 0. The maximum absolute atomic E-state index is 12.7. The van der Waals surface area contributed by atoms with E-state index in [4.69, 9.17) is 0 Å². The molecule has 0 aliphatic heterocycles. The second-order valence-electron chi connectivity index (χ2n) is 9.37. The van der Waals surface area contributed by atoms with Crippen molar-refractivity contribution in [3.05, 3.63) is 85.6 Å². The van der Waals surface area contributed by atoms with Gasteiger partial charge in [0.25, 0.3) is 0 Å². The summed E-state index contributed by atoms with van der Waals surface area (Å²) in [5, 5.41) is 0. The van der Waals surface area contributed by atoms with E-state index < -0.39 is 31.1 Å². The van der Waals surface area contributed by atoms with Crippen LogP contribution in [0.1, 0.15) is 62.5 Å². The van der Waals surface area contributed by atoms with Gasteiger partial charge >= 0.3 is 50.5 Å². The van der Waals surface area contributed by atoms with Gasteiger partial charge in [-0.25, -0.2) is 16.8 Å². The summed E-state index contributed by atoms with van der Waals surface area (Å²) in [6, 6.07) is 16.5. The van der Waals surface area contributed by atoms with E-state index in [0.717, 1.165) is 12.8 Å². The smallest absolute Gasteiger partial charge is 0.343 e. The molecular weight excluding hydrogens is 672 g/mol. The van der Waals surface area contributed by atoms with Gasteiger partial charge in [0, 0.05) is 26.2 Å². The Kier molecular flexibility index (Phi) is 19.1. The van der Waals surface area contributed by atoms with Crippen molar-refractivity contribution in [2.24, 2.45) is 0 Å². The van der Waals surface area contributed by atoms with E-state index in [1.165, 1.54) is 0 Å². The molecule has 0 aliphatic carbocycles. The summed E-state index contributed by atoms with van der Waals surface area (Å²) >= 11 is 0. The normalized spacial score (nSPS) is 12.5. The molecule has 240 valence electrons. The van der Waals surface area contributed by atoms with Gasteiger partial charge in [-0.2, -0.15) is 47.8 Å². The zero-order chi connectivity index (χ0) is 31.9. The van der Waals surface area contributed by atoms with Crippen LogP contribution in [0.25, 0.3) is 0 Å². The zero-order valence-electron chi connectivity index (χ0n) is 24.0. The predicted octanol–water partition coefficient (Wildman–Crippen LogP) is 7.46. The minimum Gasteiger partial charge on any atom is -0.343 e. The number of benzene rings is 2. The average Bonchev–Trinajstić information content (AvgIpc) is 2.92. The van der Waals surface area contributed by atoms with Gasteiger partial charge in [-0.1, -0.05) is 86.3 Å². The van der Waals surface area contributed by atoms with Crippen LogP contribution in [0.2, 0.25) is 0 Å². The molecule has 0 heterocycles. The van der Waals surface area contributed by atoms with Gasteiger partial charge in [0.05, 0.1) is 0 Å². The molecule has 0 unspecified atom stereocenters. The number of halogens is 6. The molecule has 0 N–H and O–H groups in total. The molecule has 0 bridgehead atoms. The molecule has 0 saturated heterocycles. The molecule has 6 nitrogen and oxygen atoms in total. The zero-order valence-corrected chi connectivity index (χ0v) is 28.6. The van der Waals surface area contributed by atoms with Crippen LogP contribution in [0.4, 0.5) is 26.3 Å². The van der Waals surface area contributed by atoms with Gasteiger partial charge in [-0.05, 0) is 24.0 Å². The van der Waals surface area contributed by atoms with E-state index in [0.29, 0.717) is 58.3 Å².